The number of carboxylic acids is 1. The summed E-state index contributed by atoms with van der Waals surface area (Å²) < 4.78 is 5.50. The van der Waals surface area contributed by atoms with Gasteiger partial charge in [-0.15, -0.1) is 11.3 Å². The largest absolute Gasteiger partial charge is 0.481 e. The molecule has 2 aromatic rings. The summed E-state index contributed by atoms with van der Waals surface area (Å²) in [5, 5.41) is 10.3. The number of nitrogens with zero attached hydrogens (tertiary/aromatic N) is 4. The average Bonchev–Trinajstić information content (AvgIpc) is 3.06. The maximum absolute atomic E-state index is 11.3. The number of likely N-dealkylation sites (tertiary alicyclic amines) is 1. The second kappa shape index (κ2) is 7.74. The highest BCUT2D eigenvalue weighted by Crippen LogP contribution is 2.36. The molecule has 2 aliphatic rings. The number of piperidine rings is 1. The van der Waals surface area contributed by atoms with Crippen molar-refractivity contribution in [2.45, 2.75) is 24.6 Å². The lowest BCUT2D eigenvalue weighted by molar-refractivity contribution is -0.144. The predicted molar refractivity (Wildman–Crippen MR) is 99.3 cm³/mol. The van der Waals surface area contributed by atoms with Crippen LogP contribution in [-0.4, -0.2) is 69.2 Å². The Hall–Kier alpha value is -1.32. The van der Waals surface area contributed by atoms with E-state index in [4.69, 9.17) is 16.3 Å². The van der Waals surface area contributed by atoms with Crippen molar-refractivity contribution in [1.29, 1.82) is 0 Å². The monoisotopic (exact) mass is 396 g/mol. The molecule has 140 valence electrons. The van der Waals surface area contributed by atoms with Gasteiger partial charge in [0.25, 0.3) is 0 Å². The van der Waals surface area contributed by atoms with Crippen LogP contribution in [0.2, 0.25) is 0 Å². The lowest BCUT2D eigenvalue weighted by Gasteiger charge is -2.44. The van der Waals surface area contributed by atoms with Crippen molar-refractivity contribution in [2.75, 3.05) is 32.8 Å². The molecule has 0 aromatic carbocycles. The van der Waals surface area contributed by atoms with Gasteiger partial charge in [-0.2, -0.15) is 0 Å². The van der Waals surface area contributed by atoms with Gasteiger partial charge in [-0.3, -0.25) is 14.6 Å². The van der Waals surface area contributed by atoms with Crippen molar-refractivity contribution in [1.82, 2.24) is 19.8 Å². The number of fused-ring (bicyclic) bond motifs is 1. The molecule has 1 N–H and O–H groups in total. The van der Waals surface area contributed by atoms with E-state index < -0.39 is 5.97 Å². The fourth-order valence-electron chi connectivity index (χ4n) is 3.77. The van der Waals surface area contributed by atoms with E-state index in [2.05, 4.69) is 25.8 Å². The van der Waals surface area contributed by atoms with Crippen LogP contribution in [0.15, 0.2) is 18.6 Å². The molecule has 0 amide bonds. The highest BCUT2D eigenvalue weighted by Gasteiger charge is 2.35. The standard InChI is InChI=1S/C17H21ClN4O3S/c18-14-9-22(5-6-25-14)16(21-3-1-11(2-4-21)17(23)24)13-7-12-8-19-10-20-15(12)26-13/h7-8,10-11,14,16H,1-6,9H2,(H,23,24). The van der Waals surface area contributed by atoms with Gasteiger partial charge < -0.3 is 9.84 Å². The molecule has 7 nitrogen and oxygen atoms in total. The number of morpholine rings is 1. The van der Waals surface area contributed by atoms with Gasteiger partial charge in [-0.05, 0) is 18.9 Å². The highest BCUT2D eigenvalue weighted by atomic mass is 35.5. The first kappa shape index (κ1) is 18.1. The summed E-state index contributed by atoms with van der Waals surface area (Å²) in [6, 6.07) is 2.15. The van der Waals surface area contributed by atoms with Crippen molar-refractivity contribution in [3.05, 3.63) is 23.5 Å². The molecule has 26 heavy (non-hydrogen) atoms. The Kier molecular flexibility index (Phi) is 5.37. The number of aliphatic carboxylic acids is 1. The van der Waals surface area contributed by atoms with Gasteiger partial charge in [0.05, 0.1) is 18.7 Å². The zero-order valence-electron chi connectivity index (χ0n) is 14.3. The van der Waals surface area contributed by atoms with Crippen molar-refractivity contribution in [2.24, 2.45) is 5.92 Å². The summed E-state index contributed by atoms with van der Waals surface area (Å²) in [5.41, 5.74) is -0.322. The Balaban J connectivity index is 1.62. The van der Waals surface area contributed by atoms with E-state index in [-0.39, 0.29) is 17.6 Å². The van der Waals surface area contributed by atoms with Crippen molar-refractivity contribution in [3.8, 4) is 0 Å². The van der Waals surface area contributed by atoms with Gasteiger partial charge in [0, 0.05) is 42.6 Å². The molecule has 2 saturated heterocycles. The van der Waals surface area contributed by atoms with Crippen molar-refractivity contribution >= 4 is 39.1 Å². The Labute approximate surface area is 160 Å². The Morgan fingerprint density at radius 2 is 2.15 bits per heavy atom. The lowest BCUT2D eigenvalue weighted by atomic mass is 9.96. The zero-order chi connectivity index (χ0) is 18.1. The summed E-state index contributed by atoms with van der Waals surface area (Å²) in [5.74, 6) is -0.934. The number of thiophene rings is 1. The van der Waals surface area contributed by atoms with E-state index in [9.17, 15) is 9.90 Å². The maximum atomic E-state index is 11.3. The number of hydrogen-bond acceptors (Lipinski definition) is 7. The zero-order valence-corrected chi connectivity index (χ0v) is 15.8. The predicted octanol–water partition coefficient (Wildman–Crippen LogP) is 2.38. The van der Waals surface area contributed by atoms with Crippen molar-refractivity contribution < 1.29 is 14.6 Å². The molecule has 2 unspecified atom stereocenters. The molecule has 0 aliphatic carbocycles. The van der Waals surface area contributed by atoms with Crippen LogP contribution in [0, 0.1) is 5.92 Å². The Bertz CT molecular complexity index is 747. The average molecular weight is 397 g/mol. The fraction of sp³-hybridized carbons (Fsp3) is 0.588. The molecule has 2 aliphatic heterocycles. The van der Waals surface area contributed by atoms with Gasteiger partial charge in [0.1, 0.15) is 16.7 Å². The van der Waals surface area contributed by atoms with Gasteiger partial charge in [-0.1, -0.05) is 11.6 Å². The first-order valence-electron chi connectivity index (χ1n) is 8.78. The molecule has 0 bridgehead atoms. The van der Waals surface area contributed by atoms with E-state index >= 15 is 0 Å². The van der Waals surface area contributed by atoms with Crippen molar-refractivity contribution in [3.63, 3.8) is 0 Å². The van der Waals surface area contributed by atoms with Crippen LogP contribution in [0.1, 0.15) is 23.9 Å². The molecule has 2 atom stereocenters. The molecular weight excluding hydrogens is 376 g/mol. The third-order valence-electron chi connectivity index (χ3n) is 5.09. The van der Waals surface area contributed by atoms with E-state index in [0.29, 0.717) is 26.0 Å². The number of halogens is 1. The summed E-state index contributed by atoms with van der Waals surface area (Å²) >= 11 is 7.91. The van der Waals surface area contributed by atoms with Gasteiger partial charge in [-0.25, -0.2) is 9.97 Å². The Morgan fingerprint density at radius 3 is 2.85 bits per heavy atom. The first-order chi connectivity index (χ1) is 12.6. The Morgan fingerprint density at radius 1 is 1.35 bits per heavy atom. The van der Waals surface area contributed by atoms with E-state index in [0.717, 1.165) is 29.9 Å². The van der Waals surface area contributed by atoms with Crippen LogP contribution in [0.4, 0.5) is 0 Å². The summed E-state index contributed by atoms with van der Waals surface area (Å²) in [7, 11) is 0. The number of alkyl halides is 1. The van der Waals surface area contributed by atoms with Crippen LogP contribution in [0.3, 0.4) is 0 Å². The van der Waals surface area contributed by atoms with E-state index in [1.54, 1.807) is 17.7 Å². The second-order valence-electron chi connectivity index (χ2n) is 6.73. The second-order valence-corrected chi connectivity index (χ2v) is 8.28. The molecule has 0 saturated carbocycles. The normalized spacial score (nSPS) is 24.7. The van der Waals surface area contributed by atoms with Gasteiger partial charge in [0.2, 0.25) is 0 Å². The molecule has 4 rings (SSSR count). The van der Waals surface area contributed by atoms with Crippen LogP contribution in [-0.2, 0) is 9.53 Å². The fourth-order valence-corrected chi connectivity index (χ4v) is 5.17. The van der Waals surface area contributed by atoms with E-state index in [1.807, 2.05) is 6.20 Å². The number of rotatable bonds is 4. The van der Waals surface area contributed by atoms with Crippen LogP contribution in [0.25, 0.3) is 10.2 Å². The van der Waals surface area contributed by atoms with Crippen LogP contribution < -0.4 is 0 Å². The molecule has 0 radical (unpaired) electrons. The molecular formula is C17H21ClN4O3S. The smallest absolute Gasteiger partial charge is 0.306 e. The number of carbonyl (C=O) groups is 1. The van der Waals surface area contributed by atoms with E-state index in [1.165, 1.54) is 4.88 Å². The van der Waals surface area contributed by atoms with Crippen LogP contribution >= 0.6 is 22.9 Å². The first-order valence-corrected chi connectivity index (χ1v) is 10.0. The minimum Gasteiger partial charge on any atom is -0.481 e. The molecule has 2 aromatic heterocycles. The maximum Gasteiger partial charge on any atom is 0.306 e. The number of carboxylic acid groups (broad SMARTS) is 1. The summed E-state index contributed by atoms with van der Waals surface area (Å²) in [4.78, 5) is 26.6. The topological polar surface area (TPSA) is 78.8 Å². The molecule has 4 heterocycles. The van der Waals surface area contributed by atoms with Gasteiger partial charge in [0.15, 0.2) is 0 Å². The summed E-state index contributed by atoms with van der Waals surface area (Å²) in [6.07, 6.45) is 4.81. The highest BCUT2D eigenvalue weighted by molar-refractivity contribution is 7.18. The van der Waals surface area contributed by atoms with Gasteiger partial charge >= 0.3 is 5.97 Å². The number of ether oxygens (including phenoxy) is 1. The minimum atomic E-state index is -0.689. The molecule has 0 spiro atoms. The van der Waals surface area contributed by atoms with Crippen LogP contribution in [0.5, 0.6) is 0 Å². The molecule has 2 fully saturated rings. The summed E-state index contributed by atoms with van der Waals surface area (Å²) in [6.45, 7) is 3.55. The minimum absolute atomic E-state index is 0.0640. The third-order valence-corrected chi connectivity index (χ3v) is 6.46. The number of aromatic nitrogens is 2. The lowest BCUT2D eigenvalue weighted by Crippen LogP contribution is -2.50. The quantitative estimate of drug-likeness (QED) is 0.795. The SMILES string of the molecule is O=C(O)C1CCN(C(c2cc3cncnc3s2)N2CCOC(Cl)C2)CC1. The number of hydrogen-bond donors (Lipinski definition) is 1. The third kappa shape index (κ3) is 3.70. The molecule has 9 heteroatoms.